The van der Waals surface area contributed by atoms with Crippen LogP contribution in [0.2, 0.25) is 0 Å². The Morgan fingerprint density at radius 1 is 1.32 bits per heavy atom. The van der Waals surface area contributed by atoms with Gasteiger partial charge in [0.05, 0.1) is 5.69 Å². The largest absolute Gasteiger partial charge is 0.373 e. The van der Waals surface area contributed by atoms with Crippen LogP contribution in [0.25, 0.3) is 10.9 Å². The van der Waals surface area contributed by atoms with E-state index in [1.54, 1.807) is 0 Å². The van der Waals surface area contributed by atoms with E-state index in [2.05, 4.69) is 66.3 Å². The SMILES string of the molecule is CCC(CNC)CN(C)c1cn(C)c2ccccc12. The fourth-order valence-electron chi connectivity index (χ4n) is 2.74. The molecule has 0 fully saturated rings. The quantitative estimate of drug-likeness (QED) is 0.861. The molecule has 3 nitrogen and oxygen atoms in total. The number of nitrogens with one attached hydrogen (secondary N) is 1. The molecular formula is C16H25N3. The predicted molar refractivity (Wildman–Crippen MR) is 83.9 cm³/mol. The summed E-state index contributed by atoms with van der Waals surface area (Å²) in [5, 5.41) is 4.63. The number of aryl methyl sites for hydroxylation is 1. The van der Waals surface area contributed by atoms with E-state index in [-0.39, 0.29) is 0 Å². The van der Waals surface area contributed by atoms with Crippen molar-refractivity contribution in [1.29, 1.82) is 0 Å². The highest BCUT2D eigenvalue weighted by Gasteiger charge is 2.13. The second-order valence-electron chi connectivity index (χ2n) is 5.35. The van der Waals surface area contributed by atoms with Crippen molar-refractivity contribution < 1.29 is 0 Å². The minimum Gasteiger partial charge on any atom is -0.373 e. The predicted octanol–water partition coefficient (Wildman–Crippen LogP) is 2.86. The zero-order valence-electron chi connectivity index (χ0n) is 12.5. The number of benzene rings is 1. The smallest absolute Gasteiger partial charge is 0.0623 e. The molecule has 1 atom stereocenters. The molecule has 0 saturated heterocycles. The Kier molecular flexibility index (Phi) is 4.48. The van der Waals surface area contributed by atoms with Crippen molar-refractivity contribution in [2.75, 3.05) is 32.1 Å². The third kappa shape index (κ3) is 2.92. The van der Waals surface area contributed by atoms with Crippen molar-refractivity contribution in [1.82, 2.24) is 9.88 Å². The summed E-state index contributed by atoms with van der Waals surface area (Å²) in [7, 11) is 6.34. The second-order valence-corrected chi connectivity index (χ2v) is 5.35. The van der Waals surface area contributed by atoms with Gasteiger partial charge in [0.2, 0.25) is 0 Å². The number of hydrogen-bond acceptors (Lipinski definition) is 2. The third-order valence-corrected chi connectivity index (χ3v) is 3.89. The number of fused-ring (bicyclic) bond motifs is 1. The van der Waals surface area contributed by atoms with Crippen LogP contribution in [0, 0.1) is 5.92 Å². The molecular weight excluding hydrogens is 234 g/mol. The maximum atomic E-state index is 3.29. The normalized spacial score (nSPS) is 12.8. The molecule has 0 bridgehead atoms. The summed E-state index contributed by atoms with van der Waals surface area (Å²) in [5.74, 6) is 0.689. The molecule has 104 valence electrons. The fourth-order valence-corrected chi connectivity index (χ4v) is 2.74. The maximum Gasteiger partial charge on any atom is 0.0623 e. The lowest BCUT2D eigenvalue weighted by Gasteiger charge is -2.24. The van der Waals surface area contributed by atoms with E-state index in [1.807, 2.05) is 7.05 Å². The van der Waals surface area contributed by atoms with Crippen LogP contribution in [-0.4, -0.2) is 31.8 Å². The lowest BCUT2D eigenvalue weighted by atomic mass is 10.1. The molecule has 0 spiro atoms. The van der Waals surface area contributed by atoms with Crippen LogP contribution in [0.15, 0.2) is 30.5 Å². The highest BCUT2D eigenvalue weighted by atomic mass is 15.1. The van der Waals surface area contributed by atoms with Gasteiger partial charge in [0.1, 0.15) is 0 Å². The Morgan fingerprint density at radius 2 is 2.05 bits per heavy atom. The summed E-state index contributed by atoms with van der Waals surface area (Å²) in [5.41, 5.74) is 2.62. The summed E-state index contributed by atoms with van der Waals surface area (Å²) in [4.78, 5) is 2.38. The van der Waals surface area contributed by atoms with E-state index in [9.17, 15) is 0 Å². The van der Waals surface area contributed by atoms with Crippen LogP contribution < -0.4 is 10.2 Å². The Labute approximate surface area is 116 Å². The number of nitrogens with zero attached hydrogens (tertiary/aromatic N) is 2. The van der Waals surface area contributed by atoms with Gasteiger partial charge in [-0.2, -0.15) is 0 Å². The Balaban J connectivity index is 2.23. The van der Waals surface area contributed by atoms with E-state index in [4.69, 9.17) is 0 Å². The first-order valence-corrected chi connectivity index (χ1v) is 7.07. The van der Waals surface area contributed by atoms with Gasteiger partial charge in [0, 0.05) is 37.7 Å². The molecule has 0 aliphatic heterocycles. The molecule has 1 heterocycles. The topological polar surface area (TPSA) is 20.2 Å². The number of aromatic nitrogens is 1. The van der Waals surface area contributed by atoms with Gasteiger partial charge in [-0.05, 0) is 25.6 Å². The Hall–Kier alpha value is -1.48. The number of rotatable bonds is 6. The van der Waals surface area contributed by atoms with Gasteiger partial charge in [-0.3, -0.25) is 0 Å². The van der Waals surface area contributed by atoms with Crippen molar-refractivity contribution in [3.63, 3.8) is 0 Å². The number of anilines is 1. The van der Waals surface area contributed by atoms with Gasteiger partial charge in [-0.25, -0.2) is 0 Å². The van der Waals surface area contributed by atoms with E-state index in [1.165, 1.54) is 23.0 Å². The third-order valence-electron chi connectivity index (χ3n) is 3.89. The summed E-state index contributed by atoms with van der Waals surface area (Å²) in [6.07, 6.45) is 3.44. The fraction of sp³-hybridized carbons (Fsp3) is 0.500. The molecule has 0 aliphatic rings. The molecule has 0 amide bonds. The molecule has 2 aromatic rings. The van der Waals surface area contributed by atoms with Crippen molar-refractivity contribution in [2.24, 2.45) is 13.0 Å². The van der Waals surface area contributed by atoms with Gasteiger partial charge in [-0.15, -0.1) is 0 Å². The number of para-hydroxylation sites is 1. The zero-order chi connectivity index (χ0) is 13.8. The van der Waals surface area contributed by atoms with Crippen molar-refractivity contribution in [2.45, 2.75) is 13.3 Å². The first-order valence-electron chi connectivity index (χ1n) is 7.07. The Bertz CT molecular complexity index is 530. The van der Waals surface area contributed by atoms with Crippen molar-refractivity contribution in [3.8, 4) is 0 Å². The molecule has 1 N–H and O–H groups in total. The molecule has 3 heteroatoms. The van der Waals surface area contributed by atoms with E-state index in [0.717, 1.165) is 13.1 Å². The van der Waals surface area contributed by atoms with Gasteiger partial charge in [0.15, 0.2) is 0 Å². The van der Waals surface area contributed by atoms with Crippen LogP contribution >= 0.6 is 0 Å². The van der Waals surface area contributed by atoms with E-state index in [0.29, 0.717) is 5.92 Å². The minimum atomic E-state index is 0.689. The van der Waals surface area contributed by atoms with E-state index >= 15 is 0 Å². The Morgan fingerprint density at radius 3 is 2.74 bits per heavy atom. The monoisotopic (exact) mass is 259 g/mol. The molecule has 1 aromatic carbocycles. The lowest BCUT2D eigenvalue weighted by molar-refractivity contribution is 0.485. The molecule has 0 saturated carbocycles. The first kappa shape index (κ1) is 13.9. The van der Waals surface area contributed by atoms with E-state index < -0.39 is 0 Å². The van der Waals surface area contributed by atoms with Crippen LogP contribution in [0.3, 0.4) is 0 Å². The standard InChI is InChI=1S/C16H25N3/c1-5-13(10-17-2)11-18(3)16-12-19(4)15-9-7-6-8-14(15)16/h6-9,12-13,17H,5,10-11H2,1-4H3. The molecule has 2 rings (SSSR count). The highest BCUT2D eigenvalue weighted by molar-refractivity contribution is 5.93. The summed E-state index contributed by atoms with van der Waals surface area (Å²) in [6.45, 7) is 4.43. The van der Waals surface area contributed by atoms with Crippen LogP contribution in [0.5, 0.6) is 0 Å². The highest BCUT2D eigenvalue weighted by Crippen LogP contribution is 2.28. The first-order chi connectivity index (χ1) is 9.17. The molecule has 0 aliphatic carbocycles. The van der Waals surface area contributed by atoms with Crippen LogP contribution in [-0.2, 0) is 7.05 Å². The van der Waals surface area contributed by atoms with Gasteiger partial charge in [-0.1, -0.05) is 31.5 Å². The van der Waals surface area contributed by atoms with Gasteiger partial charge in [0.25, 0.3) is 0 Å². The van der Waals surface area contributed by atoms with Crippen molar-refractivity contribution in [3.05, 3.63) is 30.5 Å². The summed E-state index contributed by atoms with van der Waals surface area (Å²) >= 11 is 0. The summed E-state index contributed by atoms with van der Waals surface area (Å²) in [6, 6.07) is 8.60. The minimum absolute atomic E-state index is 0.689. The van der Waals surface area contributed by atoms with Gasteiger partial charge >= 0.3 is 0 Å². The van der Waals surface area contributed by atoms with Gasteiger partial charge < -0.3 is 14.8 Å². The number of hydrogen-bond donors (Lipinski definition) is 1. The lowest BCUT2D eigenvalue weighted by Crippen LogP contribution is -2.30. The average Bonchev–Trinajstić information content (AvgIpc) is 2.76. The zero-order valence-corrected chi connectivity index (χ0v) is 12.5. The van der Waals surface area contributed by atoms with Crippen molar-refractivity contribution >= 4 is 16.6 Å². The maximum absolute atomic E-state index is 3.29. The second kappa shape index (κ2) is 6.11. The van der Waals surface area contributed by atoms with Crippen LogP contribution in [0.1, 0.15) is 13.3 Å². The molecule has 0 radical (unpaired) electrons. The average molecular weight is 259 g/mol. The van der Waals surface area contributed by atoms with Crippen LogP contribution in [0.4, 0.5) is 5.69 Å². The molecule has 19 heavy (non-hydrogen) atoms. The molecule has 1 aromatic heterocycles. The summed E-state index contributed by atoms with van der Waals surface area (Å²) < 4.78 is 2.21. The molecule has 1 unspecified atom stereocenters.